The summed E-state index contributed by atoms with van der Waals surface area (Å²) in [6.45, 7) is 5.26. The number of aliphatic hydroxyl groups is 3. The van der Waals surface area contributed by atoms with E-state index in [1.807, 2.05) is 0 Å². The van der Waals surface area contributed by atoms with E-state index in [0.29, 0.717) is 31.6 Å². The molecule has 1 aromatic rings. The Labute approximate surface area is 137 Å². The maximum absolute atomic E-state index is 10.8. The minimum absolute atomic E-state index is 0.0464. The van der Waals surface area contributed by atoms with Crippen molar-refractivity contribution >= 4 is 10.1 Å². The molecule has 0 spiro atoms. The van der Waals surface area contributed by atoms with Crippen molar-refractivity contribution in [2.24, 2.45) is 0 Å². The maximum Gasteiger partial charge on any atom is 0.294 e. The smallest absolute Gasteiger partial charge is 0.294 e. The van der Waals surface area contributed by atoms with Crippen LogP contribution in [0.4, 0.5) is 0 Å². The van der Waals surface area contributed by atoms with Crippen LogP contribution in [0.1, 0.15) is 5.56 Å². The van der Waals surface area contributed by atoms with Crippen molar-refractivity contribution in [1.82, 2.24) is 4.90 Å². The van der Waals surface area contributed by atoms with E-state index in [2.05, 4.69) is 6.58 Å². The zero-order valence-corrected chi connectivity index (χ0v) is 13.8. The van der Waals surface area contributed by atoms with E-state index in [1.165, 1.54) is 6.07 Å². The van der Waals surface area contributed by atoms with Crippen LogP contribution in [0.3, 0.4) is 0 Å². The monoisotopic (exact) mass is 347 g/mol. The maximum atomic E-state index is 10.8. The quantitative estimate of drug-likeness (QED) is 0.365. The average Bonchev–Trinajstić information content (AvgIpc) is 2.49. The van der Waals surface area contributed by atoms with Gasteiger partial charge >= 0.3 is 0 Å². The Bertz CT molecular complexity index is 532. The number of aliphatic hydroxyl groups excluding tert-OH is 3. The van der Waals surface area contributed by atoms with Gasteiger partial charge in [-0.25, -0.2) is 0 Å². The van der Waals surface area contributed by atoms with Crippen LogP contribution in [0.25, 0.3) is 0 Å². The highest BCUT2D eigenvalue weighted by Gasteiger charge is 2.12. The van der Waals surface area contributed by atoms with Crippen molar-refractivity contribution in [2.75, 3.05) is 39.5 Å². The first-order valence-electron chi connectivity index (χ1n) is 7.11. The molecule has 8 heteroatoms. The van der Waals surface area contributed by atoms with E-state index >= 15 is 0 Å². The van der Waals surface area contributed by atoms with Crippen LogP contribution in [0.15, 0.2) is 41.8 Å². The van der Waals surface area contributed by atoms with Gasteiger partial charge in [-0.3, -0.25) is 9.45 Å². The molecular formula is C15H25NO6S. The van der Waals surface area contributed by atoms with Gasteiger partial charge in [0.2, 0.25) is 0 Å². The van der Waals surface area contributed by atoms with E-state index in [-0.39, 0.29) is 24.7 Å². The van der Waals surface area contributed by atoms with E-state index in [1.54, 1.807) is 29.2 Å². The zero-order chi connectivity index (χ0) is 17.7. The van der Waals surface area contributed by atoms with Crippen molar-refractivity contribution < 1.29 is 28.3 Å². The Balaban J connectivity index is 0.000000438. The molecule has 0 radical (unpaired) electrons. The normalized spacial score (nSPS) is 11.0. The van der Waals surface area contributed by atoms with Crippen molar-refractivity contribution in [3.05, 3.63) is 42.5 Å². The molecule has 0 atom stereocenters. The van der Waals surface area contributed by atoms with Crippen LogP contribution in [0, 0.1) is 0 Å². The fourth-order valence-corrected chi connectivity index (χ4v) is 2.57. The summed E-state index contributed by atoms with van der Waals surface area (Å²) < 4.78 is 30.5. The Morgan fingerprint density at radius 2 is 1.48 bits per heavy atom. The van der Waals surface area contributed by atoms with Crippen LogP contribution in [0.5, 0.6) is 0 Å². The van der Waals surface area contributed by atoms with Gasteiger partial charge in [0.1, 0.15) is 0 Å². The number of rotatable bonds is 9. The molecule has 7 nitrogen and oxygen atoms in total. The molecule has 0 amide bonds. The number of nitrogens with zero attached hydrogens (tertiary/aromatic N) is 1. The van der Waals surface area contributed by atoms with E-state index in [0.717, 1.165) is 0 Å². The van der Waals surface area contributed by atoms with Gasteiger partial charge in [-0.1, -0.05) is 24.3 Å². The molecule has 4 N–H and O–H groups in total. The topological polar surface area (TPSA) is 118 Å². The Hall–Kier alpha value is -1.29. The summed E-state index contributed by atoms with van der Waals surface area (Å²) in [6.07, 6.45) is 2.01. The average molecular weight is 347 g/mol. The van der Waals surface area contributed by atoms with Gasteiger partial charge in [0.25, 0.3) is 10.1 Å². The molecule has 23 heavy (non-hydrogen) atoms. The number of allylic oxidation sites excluding steroid dienone is 1. The van der Waals surface area contributed by atoms with Gasteiger partial charge in [-0.2, -0.15) is 8.42 Å². The first-order valence-corrected chi connectivity index (χ1v) is 8.55. The van der Waals surface area contributed by atoms with Gasteiger partial charge in [0.15, 0.2) is 0 Å². The van der Waals surface area contributed by atoms with Crippen LogP contribution >= 0.6 is 0 Å². The summed E-state index contributed by atoms with van der Waals surface area (Å²) in [5, 5.41) is 25.5. The second-order valence-corrected chi connectivity index (χ2v) is 5.98. The van der Waals surface area contributed by atoms with Crippen molar-refractivity contribution in [2.45, 2.75) is 11.3 Å². The molecule has 0 bridgehead atoms. The first kappa shape index (κ1) is 21.7. The third-order valence-corrected chi connectivity index (χ3v) is 3.82. The summed E-state index contributed by atoms with van der Waals surface area (Å²) in [5.74, 6) is 0. The molecule has 0 aliphatic heterocycles. The molecule has 132 valence electrons. The molecule has 0 saturated carbocycles. The molecule has 0 aromatic heterocycles. The minimum Gasteiger partial charge on any atom is -0.395 e. The fraction of sp³-hybridized carbons (Fsp3) is 0.467. The number of benzene rings is 1. The van der Waals surface area contributed by atoms with Crippen molar-refractivity contribution in [3.63, 3.8) is 0 Å². The summed E-state index contributed by atoms with van der Waals surface area (Å²) in [4.78, 5) is 1.75. The summed E-state index contributed by atoms with van der Waals surface area (Å²) >= 11 is 0. The Morgan fingerprint density at radius 1 is 1.00 bits per heavy atom. The second kappa shape index (κ2) is 12.2. The molecule has 1 aromatic carbocycles. The molecule has 0 heterocycles. The minimum atomic E-state index is -4.10. The molecule has 0 aliphatic carbocycles. The lowest BCUT2D eigenvalue weighted by Gasteiger charge is -2.17. The number of hydrogen-bond acceptors (Lipinski definition) is 6. The molecule has 0 aliphatic rings. The fourth-order valence-electron chi connectivity index (χ4n) is 1.84. The third kappa shape index (κ3) is 9.44. The lowest BCUT2D eigenvalue weighted by Crippen LogP contribution is -2.32. The first-order chi connectivity index (χ1) is 10.9. The predicted molar refractivity (Wildman–Crippen MR) is 87.9 cm³/mol. The Kier molecular flexibility index (Phi) is 11.5. The van der Waals surface area contributed by atoms with Crippen molar-refractivity contribution in [3.8, 4) is 0 Å². The predicted octanol–water partition coefficient (Wildman–Crippen LogP) is -0.0729. The molecular weight excluding hydrogens is 322 g/mol. The van der Waals surface area contributed by atoms with Crippen LogP contribution in [0.2, 0.25) is 0 Å². The summed E-state index contributed by atoms with van der Waals surface area (Å²) in [6, 6.07) is 6.29. The lowest BCUT2D eigenvalue weighted by atomic mass is 10.1. The van der Waals surface area contributed by atoms with Crippen LogP contribution < -0.4 is 0 Å². The van der Waals surface area contributed by atoms with Gasteiger partial charge in [0, 0.05) is 19.6 Å². The Morgan fingerprint density at radius 3 is 1.87 bits per heavy atom. The number of hydrogen-bond donors (Lipinski definition) is 4. The van der Waals surface area contributed by atoms with E-state index in [4.69, 9.17) is 19.9 Å². The van der Waals surface area contributed by atoms with Gasteiger partial charge in [0.05, 0.1) is 24.7 Å². The lowest BCUT2D eigenvalue weighted by molar-refractivity contribution is 0.136. The van der Waals surface area contributed by atoms with E-state index in [9.17, 15) is 8.42 Å². The molecule has 0 fully saturated rings. The van der Waals surface area contributed by atoms with Gasteiger partial charge < -0.3 is 15.3 Å². The van der Waals surface area contributed by atoms with Gasteiger partial charge in [-0.15, -0.1) is 6.58 Å². The standard InChI is InChI=1S/C9H10O3S.C6H15NO3/c1-2-5-8-6-3-4-7-9(8)13(10,11)12;8-4-1-7(2-5-9)3-6-10/h2-4,6-7H,1,5H2,(H,10,11,12);8-10H,1-6H2. The van der Waals surface area contributed by atoms with E-state index < -0.39 is 10.1 Å². The second-order valence-electron chi connectivity index (χ2n) is 4.59. The molecule has 0 unspecified atom stereocenters. The van der Waals surface area contributed by atoms with Crippen LogP contribution in [-0.4, -0.2) is 72.6 Å². The molecule has 1 rings (SSSR count). The van der Waals surface area contributed by atoms with Crippen LogP contribution in [-0.2, 0) is 16.5 Å². The highest BCUT2D eigenvalue weighted by atomic mass is 32.2. The summed E-state index contributed by atoms with van der Waals surface area (Å²) in [7, 11) is -4.10. The SMILES string of the molecule is C=CCc1ccccc1S(=O)(=O)O.OCCN(CCO)CCO. The zero-order valence-electron chi connectivity index (χ0n) is 13.0. The highest BCUT2D eigenvalue weighted by Crippen LogP contribution is 2.15. The third-order valence-electron chi connectivity index (χ3n) is 2.86. The molecule has 0 saturated heterocycles. The van der Waals surface area contributed by atoms with Gasteiger partial charge in [-0.05, 0) is 18.1 Å². The largest absolute Gasteiger partial charge is 0.395 e. The summed E-state index contributed by atoms with van der Waals surface area (Å²) in [5.41, 5.74) is 0.556. The van der Waals surface area contributed by atoms with Crippen molar-refractivity contribution in [1.29, 1.82) is 0 Å². The highest BCUT2D eigenvalue weighted by molar-refractivity contribution is 7.85.